The molecule has 0 saturated carbocycles. The highest BCUT2D eigenvalue weighted by molar-refractivity contribution is 5.78. The number of benzene rings is 1. The molecule has 1 fully saturated rings. The zero-order valence-electron chi connectivity index (χ0n) is 17.0. The van der Waals surface area contributed by atoms with Crippen LogP contribution in [-0.4, -0.2) is 45.8 Å². The largest absolute Gasteiger partial charge is 0.327 e. The number of hydrogen-bond donors (Lipinski definition) is 1. The third kappa shape index (κ3) is 3.74. The number of anilines is 2. The molecule has 4 rings (SSSR count). The maximum absolute atomic E-state index is 13.1. The Morgan fingerprint density at radius 2 is 1.93 bits per heavy atom. The molecule has 1 aromatic heterocycles. The fourth-order valence-electron chi connectivity index (χ4n) is 4.28. The number of amides is 1. The molecule has 2 aromatic rings. The number of piperidine rings is 1. The smallest absolute Gasteiger partial charge is 0.227 e. The number of para-hydroxylation sites is 1. The Hall–Kier alpha value is -2.47. The van der Waals surface area contributed by atoms with Crippen LogP contribution in [0.4, 0.5) is 11.6 Å². The molecule has 0 unspecified atom stereocenters. The molecule has 0 bridgehead atoms. The Morgan fingerprint density at radius 3 is 2.64 bits per heavy atom. The fraction of sp³-hybridized carbons (Fsp3) is 0.500. The minimum Gasteiger partial charge on any atom is -0.327 e. The van der Waals surface area contributed by atoms with Crippen molar-refractivity contribution in [3.05, 3.63) is 47.8 Å². The Kier molecular flexibility index (Phi) is 5.06. The number of likely N-dealkylation sites (tertiary alicyclic amines) is 1. The van der Waals surface area contributed by atoms with E-state index in [0.29, 0.717) is 24.8 Å². The molecule has 1 aromatic carbocycles. The summed E-state index contributed by atoms with van der Waals surface area (Å²) in [6.45, 7) is 6.92. The lowest BCUT2D eigenvalue weighted by molar-refractivity contribution is -0.138. The maximum Gasteiger partial charge on any atom is 0.227 e. The molecular formula is C22H29N5O. The average molecular weight is 380 g/mol. The van der Waals surface area contributed by atoms with E-state index in [1.165, 1.54) is 0 Å². The summed E-state index contributed by atoms with van der Waals surface area (Å²) in [5.41, 5.74) is 2.57. The number of fused-ring (bicyclic) bond motifs is 1. The van der Waals surface area contributed by atoms with Gasteiger partial charge in [-0.15, -0.1) is 0 Å². The second kappa shape index (κ2) is 7.51. The molecule has 0 aliphatic carbocycles. The third-order valence-electron chi connectivity index (χ3n) is 6.14. The van der Waals surface area contributed by atoms with E-state index in [1.54, 1.807) is 0 Å². The van der Waals surface area contributed by atoms with E-state index in [2.05, 4.69) is 36.1 Å². The van der Waals surface area contributed by atoms with Gasteiger partial charge in [-0.25, -0.2) is 9.97 Å². The van der Waals surface area contributed by atoms with Crippen molar-refractivity contribution >= 4 is 17.5 Å². The monoisotopic (exact) mass is 379 g/mol. The van der Waals surface area contributed by atoms with Crippen LogP contribution in [-0.2, 0) is 16.9 Å². The first-order chi connectivity index (χ1) is 13.4. The van der Waals surface area contributed by atoms with Crippen LogP contribution >= 0.6 is 0 Å². The minimum atomic E-state index is -0.372. The number of nitrogens with zero attached hydrogens (tertiary/aromatic N) is 4. The van der Waals surface area contributed by atoms with Gasteiger partial charge in [0.2, 0.25) is 11.9 Å². The summed E-state index contributed by atoms with van der Waals surface area (Å²) in [6.07, 6.45) is 4.72. The lowest BCUT2D eigenvalue weighted by Crippen LogP contribution is -2.42. The fourth-order valence-corrected chi connectivity index (χ4v) is 4.28. The van der Waals surface area contributed by atoms with Crippen LogP contribution in [0.1, 0.15) is 44.4 Å². The minimum absolute atomic E-state index is 0.232. The van der Waals surface area contributed by atoms with Gasteiger partial charge in [0.1, 0.15) is 0 Å². The predicted molar refractivity (Wildman–Crippen MR) is 110 cm³/mol. The van der Waals surface area contributed by atoms with Crippen LogP contribution in [0.2, 0.25) is 0 Å². The number of carbonyl (C=O) groups is 1. The molecule has 1 amide bonds. The second-order valence-corrected chi connectivity index (χ2v) is 8.53. The van der Waals surface area contributed by atoms with Crippen molar-refractivity contribution in [1.82, 2.24) is 19.8 Å². The van der Waals surface area contributed by atoms with Crippen LogP contribution in [0.5, 0.6) is 0 Å². The van der Waals surface area contributed by atoms with Crippen LogP contribution in [0, 0.1) is 5.92 Å². The van der Waals surface area contributed by atoms with Gasteiger partial charge in [-0.05, 0) is 64.9 Å². The van der Waals surface area contributed by atoms with E-state index in [9.17, 15) is 4.79 Å². The summed E-state index contributed by atoms with van der Waals surface area (Å²) in [7, 11) is 2.15. The quantitative estimate of drug-likeness (QED) is 0.881. The van der Waals surface area contributed by atoms with Crippen molar-refractivity contribution in [1.29, 1.82) is 0 Å². The number of carbonyl (C=O) groups excluding carboxylic acids is 1. The Bertz CT molecular complexity index is 843. The van der Waals surface area contributed by atoms with Crippen LogP contribution in [0.3, 0.4) is 0 Å². The summed E-state index contributed by atoms with van der Waals surface area (Å²) in [4.78, 5) is 26.6. The standard InChI is InChI=1S/C22H29N5O/c1-22(2)18-14-23-21(24-17-7-5-4-6-8-17)25-19(18)15-27(22)20(28)13-16-9-11-26(3)12-10-16/h4-8,14,16H,9-13,15H2,1-3H3,(H,23,24,25). The molecule has 28 heavy (non-hydrogen) atoms. The Morgan fingerprint density at radius 1 is 1.21 bits per heavy atom. The first-order valence-corrected chi connectivity index (χ1v) is 10.1. The van der Waals surface area contributed by atoms with Gasteiger partial charge in [0.05, 0.1) is 17.8 Å². The highest BCUT2D eigenvalue weighted by atomic mass is 16.2. The summed E-state index contributed by atoms with van der Waals surface area (Å²) in [5.74, 6) is 1.30. The normalized spacial score (nSPS) is 19.5. The van der Waals surface area contributed by atoms with Gasteiger partial charge >= 0.3 is 0 Å². The number of aromatic nitrogens is 2. The van der Waals surface area contributed by atoms with Crippen LogP contribution in [0.15, 0.2) is 36.5 Å². The number of rotatable bonds is 4. The maximum atomic E-state index is 13.1. The lowest BCUT2D eigenvalue weighted by Gasteiger charge is -2.34. The molecule has 1 N–H and O–H groups in total. The van der Waals surface area contributed by atoms with E-state index in [-0.39, 0.29) is 11.4 Å². The average Bonchev–Trinajstić information content (AvgIpc) is 2.95. The Balaban J connectivity index is 1.47. The lowest BCUT2D eigenvalue weighted by atomic mass is 9.92. The van der Waals surface area contributed by atoms with E-state index >= 15 is 0 Å². The van der Waals surface area contributed by atoms with Gasteiger partial charge < -0.3 is 15.1 Å². The highest BCUT2D eigenvalue weighted by Crippen LogP contribution is 2.39. The second-order valence-electron chi connectivity index (χ2n) is 8.53. The molecule has 1 saturated heterocycles. The molecule has 2 aliphatic heterocycles. The topological polar surface area (TPSA) is 61.4 Å². The van der Waals surface area contributed by atoms with Gasteiger partial charge in [-0.2, -0.15) is 0 Å². The predicted octanol–water partition coefficient (Wildman–Crippen LogP) is 3.53. The van der Waals surface area contributed by atoms with Crippen molar-refractivity contribution in [2.45, 2.75) is 45.2 Å². The van der Waals surface area contributed by atoms with Crippen molar-refractivity contribution < 1.29 is 4.79 Å². The van der Waals surface area contributed by atoms with Crippen LogP contribution < -0.4 is 5.32 Å². The zero-order chi connectivity index (χ0) is 19.7. The number of hydrogen-bond acceptors (Lipinski definition) is 5. The Labute approximate surface area is 167 Å². The third-order valence-corrected chi connectivity index (χ3v) is 6.14. The van der Waals surface area contributed by atoms with Crippen LogP contribution in [0.25, 0.3) is 0 Å². The molecule has 0 spiro atoms. The molecule has 0 atom stereocenters. The zero-order valence-corrected chi connectivity index (χ0v) is 17.0. The summed E-state index contributed by atoms with van der Waals surface area (Å²) >= 11 is 0. The van der Waals surface area contributed by atoms with E-state index in [1.807, 2.05) is 41.4 Å². The summed E-state index contributed by atoms with van der Waals surface area (Å²) < 4.78 is 0. The van der Waals surface area contributed by atoms with Crippen molar-refractivity contribution in [3.63, 3.8) is 0 Å². The summed E-state index contributed by atoms with van der Waals surface area (Å²) in [6, 6.07) is 9.89. The van der Waals surface area contributed by atoms with Crippen molar-refractivity contribution in [3.8, 4) is 0 Å². The van der Waals surface area contributed by atoms with Crippen molar-refractivity contribution in [2.24, 2.45) is 5.92 Å². The van der Waals surface area contributed by atoms with Gasteiger partial charge in [0.15, 0.2) is 0 Å². The molecule has 2 aliphatic rings. The molecule has 3 heterocycles. The summed E-state index contributed by atoms with van der Waals surface area (Å²) in [5, 5.41) is 3.24. The SMILES string of the molecule is CN1CCC(CC(=O)N2Cc3nc(Nc4ccccc4)ncc3C2(C)C)CC1. The first-order valence-electron chi connectivity index (χ1n) is 10.1. The molecule has 6 heteroatoms. The van der Waals surface area contributed by atoms with Gasteiger partial charge in [-0.3, -0.25) is 4.79 Å². The number of nitrogens with one attached hydrogen (secondary N) is 1. The molecule has 148 valence electrons. The van der Waals surface area contributed by atoms with Gasteiger partial charge in [-0.1, -0.05) is 18.2 Å². The molecule has 6 nitrogen and oxygen atoms in total. The van der Waals surface area contributed by atoms with Gasteiger partial charge in [0.25, 0.3) is 0 Å². The first kappa shape index (κ1) is 18.9. The molecular weight excluding hydrogens is 350 g/mol. The molecule has 0 radical (unpaired) electrons. The van der Waals surface area contributed by atoms with Crippen molar-refractivity contribution in [2.75, 3.05) is 25.5 Å². The van der Waals surface area contributed by atoms with Gasteiger partial charge in [0, 0.05) is 23.9 Å². The van der Waals surface area contributed by atoms with E-state index in [0.717, 1.165) is 42.9 Å². The highest BCUT2D eigenvalue weighted by Gasteiger charge is 2.42. The van der Waals surface area contributed by atoms with E-state index in [4.69, 9.17) is 4.98 Å². The van der Waals surface area contributed by atoms with E-state index < -0.39 is 0 Å².